The third-order valence-electron chi connectivity index (χ3n) is 4.02. The van der Waals surface area contributed by atoms with Gasteiger partial charge in [0.1, 0.15) is 10.7 Å². The van der Waals surface area contributed by atoms with Gasteiger partial charge in [-0.15, -0.1) is 11.3 Å². The van der Waals surface area contributed by atoms with Crippen LogP contribution in [0.5, 0.6) is 0 Å². The second-order valence-corrected chi connectivity index (χ2v) is 8.79. The summed E-state index contributed by atoms with van der Waals surface area (Å²) in [6.07, 6.45) is 0. The summed E-state index contributed by atoms with van der Waals surface area (Å²) < 4.78 is 37.2. The van der Waals surface area contributed by atoms with Crippen LogP contribution in [0.4, 0.5) is 10.1 Å². The molecule has 136 valence electrons. The topological polar surface area (TPSA) is 89.3 Å². The number of anilines is 1. The molecular formula is C17H14ClFN2O3S2. The molecule has 0 fully saturated rings. The molecule has 1 amide bonds. The van der Waals surface area contributed by atoms with Gasteiger partial charge < -0.3 is 5.32 Å². The number of carbonyl (C=O) groups is 1. The predicted molar refractivity (Wildman–Crippen MR) is 102 cm³/mol. The molecule has 1 aromatic heterocycles. The first kappa shape index (κ1) is 18.8. The Balaban J connectivity index is 2.03. The molecule has 5 nitrogen and oxygen atoms in total. The van der Waals surface area contributed by atoms with Gasteiger partial charge in [0.25, 0.3) is 5.91 Å². The molecule has 26 heavy (non-hydrogen) atoms. The van der Waals surface area contributed by atoms with Gasteiger partial charge in [0, 0.05) is 15.8 Å². The van der Waals surface area contributed by atoms with Crippen LogP contribution in [0.2, 0.25) is 5.02 Å². The number of hydrogen-bond donors (Lipinski definition) is 2. The molecular weight excluding hydrogens is 399 g/mol. The largest absolute Gasteiger partial charge is 0.321 e. The van der Waals surface area contributed by atoms with Crippen LogP contribution in [0.1, 0.15) is 20.8 Å². The normalized spacial score (nSPS) is 11.7. The van der Waals surface area contributed by atoms with E-state index < -0.39 is 21.7 Å². The second-order valence-electron chi connectivity index (χ2n) is 5.80. The number of thiophene rings is 1. The lowest BCUT2D eigenvalue weighted by atomic mass is 10.1. The maximum atomic E-state index is 13.4. The summed E-state index contributed by atoms with van der Waals surface area (Å²) in [5, 5.41) is 8.65. The smallest absolute Gasteiger partial charge is 0.267 e. The van der Waals surface area contributed by atoms with Crippen LogP contribution in [0.15, 0.2) is 35.2 Å². The minimum absolute atomic E-state index is 0.0968. The highest BCUT2D eigenvalue weighted by molar-refractivity contribution is 7.89. The van der Waals surface area contributed by atoms with Crippen molar-refractivity contribution >= 4 is 54.6 Å². The van der Waals surface area contributed by atoms with Crippen molar-refractivity contribution in [3.8, 4) is 0 Å². The van der Waals surface area contributed by atoms with Crippen molar-refractivity contribution in [1.82, 2.24) is 0 Å². The molecule has 0 bridgehead atoms. The summed E-state index contributed by atoms with van der Waals surface area (Å²) in [6.45, 7) is 3.47. The molecule has 0 aliphatic rings. The molecule has 0 aliphatic heterocycles. The zero-order valence-corrected chi connectivity index (χ0v) is 16.2. The van der Waals surface area contributed by atoms with Crippen molar-refractivity contribution < 1.29 is 17.6 Å². The van der Waals surface area contributed by atoms with E-state index in [1.807, 2.05) is 0 Å². The number of hydrogen-bond acceptors (Lipinski definition) is 4. The molecule has 2 aromatic carbocycles. The van der Waals surface area contributed by atoms with Gasteiger partial charge in [-0.2, -0.15) is 0 Å². The monoisotopic (exact) mass is 412 g/mol. The zero-order valence-electron chi connectivity index (χ0n) is 13.8. The number of sulfonamides is 1. The fraction of sp³-hybridized carbons (Fsp3) is 0.118. The van der Waals surface area contributed by atoms with Crippen molar-refractivity contribution in [2.24, 2.45) is 5.14 Å². The summed E-state index contributed by atoms with van der Waals surface area (Å²) in [5.41, 5.74) is 1.68. The Morgan fingerprint density at radius 1 is 1.23 bits per heavy atom. The first-order chi connectivity index (χ1) is 12.1. The van der Waals surface area contributed by atoms with E-state index in [-0.39, 0.29) is 14.8 Å². The molecule has 1 heterocycles. The van der Waals surface area contributed by atoms with Crippen LogP contribution in [0, 0.1) is 19.7 Å². The van der Waals surface area contributed by atoms with Crippen LogP contribution in [-0.4, -0.2) is 14.3 Å². The van der Waals surface area contributed by atoms with E-state index in [1.165, 1.54) is 30.3 Å². The van der Waals surface area contributed by atoms with Crippen molar-refractivity contribution in [1.29, 1.82) is 0 Å². The number of nitrogens with one attached hydrogen (secondary N) is 1. The van der Waals surface area contributed by atoms with E-state index in [4.69, 9.17) is 16.7 Å². The fourth-order valence-corrected chi connectivity index (χ4v) is 4.54. The molecule has 0 aliphatic carbocycles. The number of halogens is 2. The molecule has 3 aromatic rings. The molecule has 0 radical (unpaired) electrons. The first-order valence-electron chi connectivity index (χ1n) is 7.41. The summed E-state index contributed by atoms with van der Waals surface area (Å²) in [4.78, 5) is 12.8. The lowest BCUT2D eigenvalue weighted by molar-refractivity contribution is 0.103. The minimum Gasteiger partial charge on any atom is -0.321 e. The van der Waals surface area contributed by atoms with Gasteiger partial charge in [0.2, 0.25) is 10.0 Å². The molecule has 3 rings (SSSR count). The fourth-order valence-electron chi connectivity index (χ4n) is 2.48. The Bertz CT molecular complexity index is 1160. The van der Waals surface area contributed by atoms with E-state index in [9.17, 15) is 17.6 Å². The lowest BCUT2D eigenvalue weighted by Gasteiger charge is -2.12. The molecule has 0 spiro atoms. The first-order valence-corrected chi connectivity index (χ1v) is 10.1. The van der Waals surface area contributed by atoms with Gasteiger partial charge in [-0.3, -0.25) is 4.79 Å². The Labute approximate surface area is 158 Å². The van der Waals surface area contributed by atoms with Crippen LogP contribution in [0.25, 0.3) is 10.1 Å². The highest BCUT2D eigenvalue weighted by Crippen LogP contribution is 2.36. The quantitative estimate of drug-likeness (QED) is 0.675. The lowest BCUT2D eigenvalue weighted by Crippen LogP contribution is -2.16. The van der Waals surface area contributed by atoms with Gasteiger partial charge in [0.05, 0.1) is 9.92 Å². The van der Waals surface area contributed by atoms with Gasteiger partial charge in [-0.05, 0) is 55.3 Å². The second kappa shape index (κ2) is 6.62. The summed E-state index contributed by atoms with van der Waals surface area (Å²) in [7, 11) is -3.91. The van der Waals surface area contributed by atoms with Gasteiger partial charge in [-0.1, -0.05) is 11.6 Å². The summed E-state index contributed by atoms with van der Waals surface area (Å²) in [6, 6.07) is 6.83. The molecule has 0 unspecified atom stereocenters. The number of primary sulfonamides is 1. The van der Waals surface area contributed by atoms with Crippen LogP contribution in [0.3, 0.4) is 0 Å². The van der Waals surface area contributed by atoms with Crippen molar-refractivity contribution in [2.45, 2.75) is 18.7 Å². The Morgan fingerprint density at radius 2 is 1.92 bits per heavy atom. The van der Waals surface area contributed by atoms with Crippen LogP contribution in [-0.2, 0) is 10.0 Å². The number of nitrogens with two attached hydrogens (primary N) is 1. The highest BCUT2D eigenvalue weighted by Gasteiger charge is 2.20. The number of amides is 1. The number of aryl methyl sites for hydroxylation is 1. The third-order valence-corrected chi connectivity index (χ3v) is 6.56. The number of rotatable bonds is 3. The van der Waals surface area contributed by atoms with E-state index in [1.54, 1.807) is 13.8 Å². The van der Waals surface area contributed by atoms with Gasteiger partial charge in [0.15, 0.2) is 0 Å². The summed E-state index contributed by atoms with van der Waals surface area (Å²) in [5.74, 6) is -0.930. The summed E-state index contributed by atoms with van der Waals surface area (Å²) >= 11 is 7.32. The van der Waals surface area contributed by atoms with Crippen molar-refractivity contribution in [3.05, 3.63) is 57.2 Å². The average Bonchev–Trinajstić information content (AvgIpc) is 2.86. The predicted octanol–water partition coefficient (Wildman–Crippen LogP) is 4.21. The van der Waals surface area contributed by atoms with Gasteiger partial charge in [-0.25, -0.2) is 17.9 Å². The SMILES string of the molecule is Cc1cc(S(N)(=O)=O)cc(NC(=O)c2sc3cc(F)ccc3c2Cl)c1C. The number of fused-ring (bicyclic) bond motifs is 1. The molecule has 9 heteroatoms. The van der Waals surface area contributed by atoms with Crippen molar-refractivity contribution in [2.75, 3.05) is 5.32 Å². The Kier molecular flexibility index (Phi) is 4.78. The van der Waals surface area contributed by atoms with Gasteiger partial charge >= 0.3 is 0 Å². The standard InChI is InChI=1S/C17H14ClFN2O3S2/c1-8-5-11(26(20,23)24)7-13(9(8)2)21-17(22)16-15(18)12-4-3-10(19)6-14(12)25-16/h3-7H,1-2H3,(H,21,22)(H2,20,23,24). The number of benzene rings is 2. The van der Waals surface area contributed by atoms with E-state index in [0.29, 0.717) is 26.9 Å². The minimum atomic E-state index is -3.91. The zero-order chi connectivity index (χ0) is 19.2. The molecule has 0 saturated heterocycles. The highest BCUT2D eigenvalue weighted by atomic mass is 35.5. The maximum Gasteiger partial charge on any atom is 0.267 e. The van der Waals surface area contributed by atoms with Crippen LogP contribution >= 0.6 is 22.9 Å². The number of carbonyl (C=O) groups excluding carboxylic acids is 1. The molecule has 3 N–H and O–H groups in total. The third kappa shape index (κ3) is 3.45. The Hall–Kier alpha value is -2.00. The van der Waals surface area contributed by atoms with E-state index >= 15 is 0 Å². The van der Waals surface area contributed by atoms with E-state index in [0.717, 1.165) is 11.3 Å². The molecule has 0 saturated carbocycles. The van der Waals surface area contributed by atoms with E-state index in [2.05, 4.69) is 5.32 Å². The van der Waals surface area contributed by atoms with Crippen LogP contribution < -0.4 is 10.5 Å². The Morgan fingerprint density at radius 3 is 2.58 bits per heavy atom. The average molecular weight is 413 g/mol. The van der Waals surface area contributed by atoms with Crippen molar-refractivity contribution in [3.63, 3.8) is 0 Å². The molecule has 0 atom stereocenters. The maximum absolute atomic E-state index is 13.4.